The van der Waals surface area contributed by atoms with Crippen molar-refractivity contribution in [1.82, 2.24) is 5.32 Å². The monoisotopic (exact) mass is 396 g/mol. The highest BCUT2D eigenvalue weighted by molar-refractivity contribution is 5.89. The molecule has 1 atom stereocenters. The number of carbonyl (C=O) groups excluding carboxylic acids is 1. The summed E-state index contributed by atoms with van der Waals surface area (Å²) >= 11 is 0. The molecule has 0 radical (unpaired) electrons. The molecule has 0 fully saturated rings. The maximum absolute atomic E-state index is 12.2. The van der Waals surface area contributed by atoms with Gasteiger partial charge in [-0.1, -0.05) is 54.6 Å². The van der Waals surface area contributed by atoms with Crippen LogP contribution in [0.1, 0.15) is 23.6 Å². The topological polar surface area (TPSA) is 130 Å². The molecule has 3 rings (SSSR count). The lowest BCUT2D eigenvalue weighted by Gasteiger charge is -2.32. The normalized spacial score (nSPS) is 15.0. The quantitative estimate of drug-likeness (QED) is 0.571. The summed E-state index contributed by atoms with van der Waals surface area (Å²) in [5.41, 5.74) is 9.09. The Morgan fingerprint density at radius 2 is 1.38 bits per heavy atom. The van der Waals surface area contributed by atoms with E-state index in [9.17, 15) is 14.4 Å². The molecule has 0 bridgehead atoms. The van der Waals surface area contributed by atoms with Gasteiger partial charge in [-0.05, 0) is 23.6 Å². The van der Waals surface area contributed by atoms with Gasteiger partial charge in [0.05, 0.1) is 11.6 Å². The molecule has 29 heavy (non-hydrogen) atoms. The minimum absolute atomic E-state index is 0.105. The van der Waals surface area contributed by atoms with Crippen molar-refractivity contribution in [2.24, 2.45) is 5.73 Å². The van der Waals surface area contributed by atoms with Crippen LogP contribution in [0.25, 0.3) is 0 Å². The smallest absolute Gasteiger partial charge is 0.328 e. The predicted molar refractivity (Wildman–Crippen MR) is 108 cm³/mol. The van der Waals surface area contributed by atoms with Crippen LogP contribution in [0.2, 0.25) is 0 Å². The number of benzene rings is 2. The number of amides is 1. The summed E-state index contributed by atoms with van der Waals surface area (Å²) in [6.07, 6.45) is 2.74. The number of carboxylic acid groups (broad SMARTS) is 2. The van der Waals surface area contributed by atoms with Crippen LogP contribution in [0.3, 0.4) is 0 Å². The standard InChI is InChI=1S/C18H20N2O.C4H4O4/c1-13(19)17(21)20-18(16-9-3-2-4-10-16)11-14-7-5-6-8-15(14)12-18;5-3(6)1-2-4(7)8/h2-10,13H,11-12,19H2,1H3,(H,20,21);1-2H,(H,5,6)(H,7,8)/t13-;/m1./s1. The first-order valence-electron chi connectivity index (χ1n) is 9.07. The van der Waals surface area contributed by atoms with Crippen molar-refractivity contribution in [2.75, 3.05) is 0 Å². The minimum Gasteiger partial charge on any atom is -0.478 e. The van der Waals surface area contributed by atoms with Crippen molar-refractivity contribution < 1.29 is 24.6 Å². The van der Waals surface area contributed by atoms with Gasteiger partial charge in [0.2, 0.25) is 5.91 Å². The molecule has 0 spiro atoms. The molecule has 7 heteroatoms. The summed E-state index contributed by atoms with van der Waals surface area (Å²) < 4.78 is 0. The van der Waals surface area contributed by atoms with E-state index in [4.69, 9.17) is 15.9 Å². The first-order chi connectivity index (χ1) is 13.7. The van der Waals surface area contributed by atoms with Crippen molar-refractivity contribution in [1.29, 1.82) is 0 Å². The van der Waals surface area contributed by atoms with E-state index in [1.165, 1.54) is 11.1 Å². The molecular formula is C22H24N2O5. The highest BCUT2D eigenvalue weighted by Gasteiger charge is 2.40. The van der Waals surface area contributed by atoms with E-state index in [0.29, 0.717) is 12.2 Å². The second kappa shape index (κ2) is 9.66. The van der Waals surface area contributed by atoms with E-state index in [1.54, 1.807) is 6.92 Å². The first-order valence-corrected chi connectivity index (χ1v) is 9.07. The molecule has 5 N–H and O–H groups in total. The zero-order valence-electron chi connectivity index (χ0n) is 16.0. The second-order valence-corrected chi connectivity index (χ2v) is 6.86. The zero-order valence-corrected chi connectivity index (χ0v) is 16.0. The average molecular weight is 396 g/mol. The van der Waals surface area contributed by atoms with Crippen LogP contribution < -0.4 is 11.1 Å². The summed E-state index contributed by atoms with van der Waals surface area (Å²) in [5.74, 6) is -2.62. The Morgan fingerprint density at radius 1 is 0.931 bits per heavy atom. The van der Waals surface area contributed by atoms with Gasteiger partial charge in [-0.25, -0.2) is 9.59 Å². The van der Waals surface area contributed by atoms with E-state index < -0.39 is 18.0 Å². The fourth-order valence-electron chi connectivity index (χ4n) is 3.23. The fraction of sp³-hybridized carbons (Fsp3) is 0.227. The predicted octanol–water partition coefficient (Wildman–Crippen LogP) is 1.86. The van der Waals surface area contributed by atoms with Gasteiger partial charge in [-0.15, -0.1) is 0 Å². The molecule has 0 heterocycles. The third-order valence-corrected chi connectivity index (χ3v) is 4.57. The molecule has 1 aliphatic carbocycles. The third-order valence-electron chi connectivity index (χ3n) is 4.57. The van der Waals surface area contributed by atoms with Crippen molar-refractivity contribution in [2.45, 2.75) is 31.3 Å². The first kappa shape index (κ1) is 21.8. The summed E-state index contributed by atoms with van der Waals surface area (Å²) in [6, 6.07) is 18.0. The van der Waals surface area contributed by atoms with Crippen molar-refractivity contribution in [3.8, 4) is 0 Å². The molecule has 0 aromatic heterocycles. The highest BCUT2D eigenvalue weighted by atomic mass is 16.4. The lowest BCUT2D eigenvalue weighted by molar-refractivity contribution is -0.134. The van der Waals surface area contributed by atoms with Gasteiger partial charge in [-0.2, -0.15) is 0 Å². The van der Waals surface area contributed by atoms with Crippen LogP contribution in [-0.4, -0.2) is 34.1 Å². The lowest BCUT2D eigenvalue weighted by Crippen LogP contribution is -2.51. The maximum Gasteiger partial charge on any atom is 0.328 e. The van der Waals surface area contributed by atoms with Crippen LogP contribution >= 0.6 is 0 Å². The summed E-state index contributed by atoms with van der Waals surface area (Å²) in [7, 11) is 0. The van der Waals surface area contributed by atoms with Gasteiger partial charge in [0.1, 0.15) is 0 Å². The Bertz CT molecular complexity index is 865. The minimum atomic E-state index is -1.26. The Hall–Kier alpha value is -3.45. The average Bonchev–Trinajstić information content (AvgIpc) is 3.06. The van der Waals surface area contributed by atoms with E-state index in [-0.39, 0.29) is 11.4 Å². The summed E-state index contributed by atoms with van der Waals surface area (Å²) in [6.45, 7) is 1.72. The number of fused-ring (bicyclic) bond motifs is 1. The number of carboxylic acids is 2. The molecule has 0 unspecified atom stereocenters. The fourth-order valence-corrected chi connectivity index (χ4v) is 3.23. The molecule has 1 aliphatic rings. The van der Waals surface area contributed by atoms with Crippen LogP contribution in [-0.2, 0) is 32.8 Å². The molecule has 2 aromatic rings. The molecule has 152 valence electrons. The number of hydrogen-bond acceptors (Lipinski definition) is 4. The Balaban J connectivity index is 0.000000321. The van der Waals surface area contributed by atoms with Crippen LogP contribution in [0.4, 0.5) is 0 Å². The molecular weight excluding hydrogens is 372 g/mol. The number of rotatable bonds is 5. The third kappa shape index (κ3) is 6.02. The molecule has 0 saturated heterocycles. The van der Waals surface area contributed by atoms with Gasteiger partial charge >= 0.3 is 11.9 Å². The van der Waals surface area contributed by atoms with Gasteiger partial charge in [0.15, 0.2) is 0 Å². The number of nitrogens with one attached hydrogen (secondary N) is 1. The number of aliphatic carboxylic acids is 2. The van der Waals surface area contributed by atoms with E-state index in [1.807, 2.05) is 30.3 Å². The van der Waals surface area contributed by atoms with Crippen molar-refractivity contribution in [3.63, 3.8) is 0 Å². The highest BCUT2D eigenvalue weighted by Crippen LogP contribution is 2.37. The van der Waals surface area contributed by atoms with Crippen LogP contribution in [0.15, 0.2) is 66.7 Å². The van der Waals surface area contributed by atoms with Crippen LogP contribution in [0.5, 0.6) is 0 Å². The van der Waals surface area contributed by atoms with E-state index in [2.05, 4.69) is 29.6 Å². The Labute approximate surface area is 168 Å². The molecule has 1 amide bonds. The Kier molecular flexibility index (Phi) is 7.27. The van der Waals surface area contributed by atoms with Gasteiger partial charge < -0.3 is 21.3 Å². The lowest BCUT2D eigenvalue weighted by atomic mass is 9.86. The maximum atomic E-state index is 12.2. The molecule has 0 aliphatic heterocycles. The van der Waals surface area contributed by atoms with E-state index >= 15 is 0 Å². The molecule has 0 saturated carbocycles. The zero-order chi connectivity index (χ0) is 21.4. The van der Waals surface area contributed by atoms with Gasteiger partial charge in [-0.3, -0.25) is 4.79 Å². The van der Waals surface area contributed by atoms with Crippen molar-refractivity contribution in [3.05, 3.63) is 83.4 Å². The largest absolute Gasteiger partial charge is 0.478 e. The van der Waals surface area contributed by atoms with E-state index in [0.717, 1.165) is 18.4 Å². The molecule has 7 nitrogen and oxygen atoms in total. The van der Waals surface area contributed by atoms with Crippen LogP contribution in [0, 0.1) is 0 Å². The SMILES string of the molecule is C[C@@H](N)C(=O)NC1(c2ccccc2)Cc2ccccc2C1.O=C(O)C=CC(=O)O. The van der Waals surface area contributed by atoms with Gasteiger partial charge in [0, 0.05) is 25.0 Å². The van der Waals surface area contributed by atoms with Gasteiger partial charge in [0.25, 0.3) is 0 Å². The second-order valence-electron chi connectivity index (χ2n) is 6.86. The number of carbonyl (C=O) groups is 3. The Morgan fingerprint density at radius 3 is 1.79 bits per heavy atom. The van der Waals surface area contributed by atoms with Crippen molar-refractivity contribution >= 4 is 17.8 Å². The number of hydrogen-bond donors (Lipinski definition) is 4. The summed E-state index contributed by atoms with van der Waals surface area (Å²) in [5, 5.41) is 18.8. The summed E-state index contributed by atoms with van der Waals surface area (Å²) in [4.78, 5) is 31.3. The molecule has 2 aromatic carbocycles. The number of nitrogens with two attached hydrogens (primary N) is 1.